The molecule has 1 aromatic heterocycles. The molecule has 0 saturated carbocycles. The van der Waals surface area contributed by atoms with Crippen LogP contribution in [0.3, 0.4) is 0 Å². The highest BCUT2D eigenvalue weighted by Crippen LogP contribution is 2.38. The summed E-state index contributed by atoms with van der Waals surface area (Å²) < 4.78 is 27.6. The van der Waals surface area contributed by atoms with Crippen molar-refractivity contribution in [3.63, 3.8) is 0 Å². The highest BCUT2D eigenvalue weighted by molar-refractivity contribution is 6.34. The molecule has 1 heterocycles. The van der Waals surface area contributed by atoms with Gasteiger partial charge in [-0.25, -0.2) is 29.0 Å². The van der Waals surface area contributed by atoms with Gasteiger partial charge in [-0.2, -0.15) is 0 Å². The number of carbonyl (C=O) groups is 4. The summed E-state index contributed by atoms with van der Waals surface area (Å²) >= 11 is 13.4. The second-order valence-corrected chi connectivity index (χ2v) is 16.8. The van der Waals surface area contributed by atoms with E-state index in [2.05, 4.69) is 9.98 Å². The molecule has 0 atom stereocenters. The monoisotopic (exact) mass is 802 g/mol. The van der Waals surface area contributed by atoms with E-state index in [0.29, 0.717) is 22.6 Å². The van der Waals surface area contributed by atoms with Crippen LogP contribution < -0.4 is 21.3 Å². The molecular weight excluding hydrogens is 755 g/mol. The number of halogens is 2. The largest absolute Gasteiger partial charge is 0.456 e. The van der Waals surface area contributed by atoms with Gasteiger partial charge in [-0.05, 0) is 132 Å². The molecule has 3 rings (SSSR count). The van der Waals surface area contributed by atoms with E-state index in [1.807, 2.05) is 0 Å². The van der Waals surface area contributed by atoms with Gasteiger partial charge in [-0.3, -0.25) is 0 Å². The molecule has 0 radical (unpaired) electrons. The Morgan fingerprint density at radius 1 is 0.545 bits per heavy atom. The van der Waals surface area contributed by atoms with E-state index in [-0.39, 0.29) is 21.4 Å². The highest BCUT2D eigenvalue weighted by Gasteiger charge is 2.30. The SMILES string of the molecule is CC(C)(C)OC(=O)N=C(N)N(C(=O)OC(C)(C)C)c1ccc(-c2ccc(-c3ccc(N(C(=O)OC(C)(C)C)C(N)=NC(=O)OC(C)(C)C)cc3Cl)o2)c(Cl)c1. The molecule has 3 aromatic rings. The molecule has 0 aliphatic heterocycles. The number of carbonyl (C=O) groups excluding carboxylic acids is 4. The summed E-state index contributed by atoms with van der Waals surface area (Å²) in [5.41, 5.74) is 9.88. The quantitative estimate of drug-likeness (QED) is 0.144. The van der Waals surface area contributed by atoms with Crippen molar-refractivity contribution in [1.29, 1.82) is 0 Å². The van der Waals surface area contributed by atoms with Crippen molar-refractivity contribution in [1.82, 2.24) is 0 Å². The number of anilines is 2. The Morgan fingerprint density at radius 2 is 0.855 bits per heavy atom. The molecule has 0 spiro atoms. The number of hydrogen-bond donors (Lipinski definition) is 2. The highest BCUT2D eigenvalue weighted by atomic mass is 35.5. The molecule has 17 heteroatoms. The predicted octanol–water partition coefficient (Wildman–Crippen LogP) is 9.90. The van der Waals surface area contributed by atoms with Crippen LogP contribution >= 0.6 is 23.2 Å². The van der Waals surface area contributed by atoms with Crippen LogP contribution in [0.5, 0.6) is 0 Å². The molecular formula is C38H48Cl2N6O9. The molecule has 0 saturated heterocycles. The maximum absolute atomic E-state index is 13.3. The van der Waals surface area contributed by atoms with E-state index in [0.717, 1.165) is 9.80 Å². The fourth-order valence-electron chi connectivity index (χ4n) is 4.45. The van der Waals surface area contributed by atoms with Gasteiger partial charge in [0.25, 0.3) is 0 Å². The third-order valence-electron chi connectivity index (χ3n) is 6.37. The van der Waals surface area contributed by atoms with Crippen LogP contribution in [0.1, 0.15) is 83.1 Å². The second-order valence-electron chi connectivity index (χ2n) is 16.0. The smallest absolute Gasteiger partial charge is 0.437 e. The first-order chi connectivity index (χ1) is 25.0. The normalized spacial score (nSPS) is 12.8. The molecule has 0 aliphatic rings. The Labute approximate surface area is 330 Å². The zero-order valence-electron chi connectivity index (χ0n) is 33.0. The summed E-state index contributed by atoms with van der Waals surface area (Å²) in [4.78, 5) is 60.7. The summed E-state index contributed by atoms with van der Waals surface area (Å²) in [6, 6.07) is 12.4. The summed E-state index contributed by atoms with van der Waals surface area (Å²) in [7, 11) is 0. The van der Waals surface area contributed by atoms with Crippen molar-refractivity contribution < 1.29 is 42.5 Å². The zero-order chi connectivity index (χ0) is 41.8. The number of guanidine groups is 2. The topological polar surface area (TPSA) is 202 Å². The van der Waals surface area contributed by atoms with Gasteiger partial charge in [0.2, 0.25) is 11.9 Å². The Bertz CT molecular complexity index is 1860. The maximum atomic E-state index is 13.3. The molecule has 0 aliphatic carbocycles. The predicted molar refractivity (Wildman–Crippen MR) is 213 cm³/mol. The van der Waals surface area contributed by atoms with Crippen molar-refractivity contribution in [3.05, 3.63) is 58.6 Å². The van der Waals surface area contributed by atoms with Crippen LogP contribution in [0.15, 0.2) is 62.9 Å². The van der Waals surface area contributed by atoms with Crippen LogP contribution in [0.25, 0.3) is 22.6 Å². The summed E-state index contributed by atoms with van der Waals surface area (Å²) in [6.45, 7) is 20.0. The average Bonchev–Trinajstić information content (AvgIpc) is 3.43. The molecule has 0 unspecified atom stereocenters. The van der Waals surface area contributed by atoms with Gasteiger partial charge >= 0.3 is 24.4 Å². The molecule has 4 N–H and O–H groups in total. The standard InChI is InChI=1S/C38H48Cl2N6O9/c1-35(2,3)52-31(47)43-29(41)45(33(49)54-37(7,8)9)21-13-15-23(25(39)19-21)27-17-18-28(51-27)24-16-14-22(20-26(24)40)46(34(50)55-38(10,11)12)30(42)44-32(48)53-36(4,5)6/h13-20H,1-12H3,(H2,41,43,47)(H2,42,44,48). The fraction of sp³-hybridized carbons (Fsp3) is 0.421. The van der Waals surface area contributed by atoms with Crippen LogP contribution in [0.4, 0.5) is 30.6 Å². The number of benzene rings is 2. The van der Waals surface area contributed by atoms with Gasteiger partial charge in [0.15, 0.2) is 0 Å². The summed E-state index contributed by atoms with van der Waals surface area (Å²) in [6.07, 6.45) is -3.85. The van der Waals surface area contributed by atoms with E-state index in [1.54, 1.807) is 107 Å². The Morgan fingerprint density at radius 3 is 1.13 bits per heavy atom. The minimum atomic E-state index is -1.01. The van der Waals surface area contributed by atoms with Gasteiger partial charge in [0, 0.05) is 11.1 Å². The molecule has 0 bridgehead atoms. The van der Waals surface area contributed by atoms with Gasteiger partial charge in [-0.1, -0.05) is 23.2 Å². The molecule has 0 fully saturated rings. The Kier molecular flexibility index (Phi) is 13.3. The molecule has 298 valence electrons. The van der Waals surface area contributed by atoms with Crippen molar-refractivity contribution in [2.45, 2.75) is 105 Å². The first-order valence-corrected chi connectivity index (χ1v) is 17.7. The van der Waals surface area contributed by atoms with Crippen LogP contribution in [-0.4, -0.2) is 58.7 Å². The van der Waals surface area contributed by atoms with Crippen molar-refractivity contribution >= 4 is 70.9 Å². The lowest BCUT2D eigenvalue weighted by molar-refractivity contribution is 0.0577. The van der Waals surface area contributed by atoms with Crippen LogP contribution in [0, 0.1) is 0 Å². The number of hydrogen-bond acceptors (Lipinski definition) is 9. The van der Waals surface area contributed by atoms with Crippen molar-refractivity contribution in [3.8, 4) is 22.6 Å². The van der Waals surface area contributed by atoms with Gasteiger partial charge in [-0.15, -0.1) is 9.98 Å². The number of rotatable bonds is 4. The van der Waals surface area contributed by atoms with E-state index in [9.17, 15) is 19.2 Å². The number of ether oxygens (including phenoxy) is 4. The van der Waals surface area contributed by atoms with Crippen LogP contribution in [-0.2, 0) is 18.9 Å². The summed E-state index contributed by atoms with van der Waals surface area (Å²) in [5, 5.41) is 0.289. The Hall–Kier alpha value is -5.28. The zero-order valence-corrected chi connectivity index (χ0v) is 34.5. The minimum absolute atomic E-state index is 0.141. The number of aliphatic imine (C=N–C) groups is 2. The third kappa shape index (κ3) is 13.2. The fourth-order valence-corrected chi connectivity index (χ4v) is 4.98. The third-order valence-corrected chi connectivity index (χ3v) is 6.99. The number of furan rings is 1. The number of amides is 4. The average molecular weight is 804 g/mol. The van der Waals surface area contributed by atoms with E-state index in [1.165, 1.54) is 24.3 Å². The van der Waals surface area contributed by atoms with Crippen molar-refractivity contribution in [2.75, 3.05) is 9.80 Å². The van der Waals surface area contributed by atoms with E-state index < -0.39 is 58.7 Å². The van der Waals surface area contributed by atoms with Crippen molar-refractivity contribution in [2.24, 2.45) is 21.5 Å². The number of nitrogens with zero attached hydrogens (tertiary/aromatic N) is 4. The Balaban J connectivity index is 2.00. The van der Waals surface area contributed by atoms with Gasteiger partial charge < -0.3 is 34.8 Å². The second kappa shape index (κ2) is 16.6. The van der Waals surface area contributed by atoms with Gasteiger partial charge in [0.05, 0.1) is 21.4 Å². The minimum Gasteiger partial charge on any atom is -0.456 e. The maximum Gasteiger partial charge on any atom is 0.437 e. The van der Waals surface area contributed by atoms with Gasteiger partial charge in [0.1, 0.15) is 33.9 Å². The lowest BCUT2D eigenvalue weighted by Crippen LogP contribution is -2.45. The van der Waals surface area contributed by atoms with E-state index in [4.69, 9.17) is 58.0 Å². The molecule has 2 aromatic carbocycles. The molecule has 4 amide bonds. The van der Waals surface area contributed by atoms with Crippen LogP contribution in [0.2, 0.25) is 10.0 Å². The van der Waals surface area contributed by atoms with E-state index >= 15 is 0 Å². The number of nitrogens with two attached hydrogens (primary N) is 2. The molecule has 15 nitrogen and oxygen atoms in total. The lowest BCUT2D eigenvalue weighted by Gasteiger charge is -2.27. The molecule has 55 heavy (non-hydrogen) atoms. The lowest BCUT2D eigenvalue weighted by atomic mass is 10.1. The summed E-state index contributed by atoms with van der Waals surface area (Å²) in [5.74, 6) is -0.354. The first kappa shape index (κ1) is 44.1. The first-order valence-electron chi connectivity index (χ1n) is 16.9.